The van der Waals surface area contributed by atoms with E-state index in [0.717, 1.165) is 0 Å². The van der Waals surface area contributed by atoms with E-state index in [0.29, 0.717) is 16.9 Å². The van der Waals surface area contributed by atoms with Crippen LogP contribution in [0.5, 0.6) is 0 Å². The standard InChI is InChI=1S/C22H17NO7/c1-28-22(27)14-8-6-13(7-9-14)18-17(19(24)16-5-3-11-30-16)20(25)21(26)23(18)12-15-4-2-10-29-15/h2-11,18,25H,12H2,1H3/t18-/m0/s1. The Hall–Kier alpha value is -4.07. The van der Waals surface area contributed by atoms with Crippen LogP contribution < -0.4 is 0 Å². The van der Waals surface area contributed by atoms with Gasteiger partial charge in [-0.15, -0.1) is 0 Å². The molecule has 8 heteroatoms. The Morgan fingerprint density at radius 2 is 1.77 bits per heavy atom. The highest BCUT2D eigenvalue weighted by Gasteiger charge is 2.44. The van der Waals surface area contributed by atoms with E-state index in [1.807, 2.05) is 0 Å². The van der Waals surface area contributed by atoms with Crippen LogP contribution in [0, 0.1) is 0 Å². The molecule has 0 aliphatic carbocycles. The molecule has 8 nitrogen and oxygen atoms in total. The van der Waals surface area contributed by atoms with Gasteiger partial charge in [0.15, 0.2) is 11.5 Å². The number of nitrogens with zero attached hydrogens (tertiary/aromatic N) is 1. The Balaban J connectivity index is 1.78. The van der Waals surface area contributed by atoms with Crippen LogP contribution in [0.4, 0.5) is 0 Å². The topological polar surface area (TPSA) is 110 Å². The third-order valence-corrected chi connectivity index (χ3v) is 4.85. The van der Waals surface area contributed by atoms with Crippen molar-refractivity contribution < 1.29 is 33.1 Å². The van der Waals surface area contributed by atoms with Crippen molar-refractivity contribution in [3.8, 4) is 0 Å². The van der Waals surface area contributed by atoms with Gasteiger partial charge in [-0.05, 0) is 42.0 Å². The molecule has 0 fully saturated rings. The van der Waals surface area contributed by atoms with Crippen LogP contribution in [-0.2, 0) is 16.1 Å². The van der Waals surface area contributed by atoms with Gasteiger partial charge < -0.3 is 23.6 Å². The highest BCUT2D eigenvalue weighted by Crippen LogP contribution is 2.40. The zero-order chi connectivity index (χ0) is 21.3. The number of furan rings is 2. The van der Waals surface area contributed by atoms with Crippen molar-refractivity contribution in [2.75, 3.05) is 7.11 Å². The number of rotatable bonds is 6. The van der Waals surface area contributed by atoms with Gasteiger partial charge in [-0.3, -0.25) is 9.59 Å². The minimum absolute atomic E-state index is 0.000351. The summed E-state index contributed by atoms with van der Waals surface area (Å²) in [7, 11) is 1.28. The van der Waals surface area contributed by atoms with Crippen LogP contribution in [0.15, 0.2) is 81.2 Å². The smallest absolute Gasteiger partial charge is 0.337 e. The molecule has 3 heterocycles. The summed E-state index contributed by atoms with van der Waals surface area (Å²) in [6, 6.07) is 11.7. The van der Waals surface area contributed by atoms with Crippen LogP contribution in [0.25, 0.3) is 0 Å². The second-order valence-corrected chi connectivity index (χ2v) is 6.60. The van der Waals surface area contributed by atoms with E-state index >= 15 is 0 Å². The SMILES string of the molecule is COC(=O)c1ccc([C@H]2C(C(=O)c3ccco3)=C(O)C(=O)N2Cc2ccco2)cc1. The third-order valence-electron chi connectivity index (χ3n) is 4.85. The number of aliphatic hydroxyl groups is 1. The van der Waals surface area contributed by atoms with Crippen LogP contribution in [0.1, 0.15) is 38.3 Å². The number of hydrogen-bond donors (Lipinski definition) is 1. The van der Waals surface area contributed by atoms with Crippen molar-refractivity contribution in [1.82, 2.24) is 4.90 Å². The first-order valence-electron chi connectivity index (χ1n) is 9.04. The third kappa shape index (κ3) is 3.28. The maximum atomic E-state index is 13.0. The summed E-state index contributed by atoms with van der Waals surface area (Å²) in [4.78, 5) is 38.9. The highest BCUT2D eigenvalue weighted by molar-refractivity contribution is 6.15. The number of esters is 1. The molecule has 3 aromatic rings. The van der Waals surface area contributed by atoms with E-state index in [1.54, 1.807) is 30.3 Å². The van der Waals surface area contributed by atoms with Gasteiger partial charge in [-0.2, -0.15) is 0 Å². The van der Waals surface area contributed by atoms with E-state index in [1.165, 1.54) is 42.7 Å². The first-order chi connectivity index (χ1) is 14.5. The monoisotopic (exact) mass is 407 g/mol. The molecule has 0 radical (unpaired) electrons. The molecule has 1 aromatic carbocycles. The van der Waals surface area contributed by atoms with E-state index in [4.69, 9.17) is 13.6 Å². The van der Waals surface area contributed by atoms with Gasteiger partial charge >= 0.3 is 5.97 Å². The number of carbonyl (C=O) groups is 3. The number of ether oxygens (including phenoxy) is 1. The molecular weight excluding hydrogens is 390 g/mol. The average Bonchev–Trinajstić information content (AvgIpc) is 3.52. The average molecular weight is 407 g/mol. The zero-order valence-electron chi connectivity index (χ0n) is 15.9. The van der Waals surface area contributed by atoms with E-state index < -0.39 is 29.5 Å². The molecule has 0 spiro atoms. The second kappa shape index (κ2) is 7.75. The molecule has 0 bridgehead atoms. The molecule has 30 heavy (non-hydrogen) atoms. The van der Waals surface area contributed by atoms with E-state index in [2.05, 4.69) is 0 Å². The fourth-order valence-electron chi connectivity index (χ4n) is 3.43. The van der Waals surface area contributed by atoms with E-state index in [-0.39, 0.29) is 17.9 Å². The highest BCUT2D eigenvalue weighted by atomic mass is 16.5. The number of carbonyl (C=O) groups excluding carboxylic acids is 3. The summed E-state index contributed by atoms with van der Waals surface area (Å²) < 4.78 is 15.2. The van der Waals surface area contributed by atoms with Crippen molar-refractivity contribution in [2.24, 2.45) is 0 Å². The first-order valence-corrected chi connectivity index (χ1v) is 9.04. The molecule has 152 valence electrons. The molecule has 1 N–H and O–H groups in total. The molecule has 0 saturated carbocycles. The molecule has 0 unspecified atom stereocenters. The quantitative estimate of drug-likeness (QED) is 0.492. The summed E-state index contributed by atoms with van der Waals surface area (Å²) in [5, 5.41) is 10.6. The Labute approximate surface area is 171 Å². The van der Waals surface area contributed by atoms with Crippen LogP contribution in [0.2, 0.25) is 0 Å². The second-order valence-electron chi connectivity index (χ2n) is 6.60. The zero-order valence-corrected chi connectivity index (χ0v) is 15.9. The number of aliphatic hydroxyl groups excluding tert-OH is 1. The van der Waals surface area contributed by atoms with Gasteiger partial charge in [0.1, 0.15) is 5.76 Å². The number of Topliss-reactive ketones (excluding diaryl/α,β-unsaturated/α-hetero) is 1. The Morgan fingerprint density at radius 1 is 1.07 bits per heavy atom. The van der Waals surface area contributed by atoms with Gasteiger partial charge in [0.25, 0.3) is 5.91 Å². The van der Waals surface area contributed by atoms with Gasteiger partial charge in [0, 0.05) is 0 Å². The molecular formula is C22H17NO7. The largest absolute Gasteiger partial charge is 0.503 e. The molecule has 0 saturated heterocycles. The molecule has 1 aliphatic heterocycles. The number of methoxy groups -OCH3 is 1. The predicted molar refractivity (Wildman–Crippen MR) is 102 cm³/mol. The Kier molecular flexibility index (Phi) is 4.97. The summed E-state index contributed by atoms with van der Waals surface area (Å²) >= 11 is 0. The summed E-state index contributed by atoms with van der Waals surface area (Å²) in [5.41, 5.74) is 0.740. The van der Waals surface area contributed by atoms with Gasteiger partial charge in [-0.1, -0.05) is 12.1 Å². The number of hydrogen-bond acceptors (Lipinski definition) is 7. The van der Waals surface area contributed by atoms with Crippen LogP contribution in [-0.4, -0.2) is 34.8 Å². The lowest BCUT2D eigenvalue weighted by molar-refractivity contribution is -0.130. The fourth-order valence-corrected chi connectivity index (χ4v) is 3.43. The van der Waals surface area contributed by atoms with E-state index in [9.17, 15) is 19.5 Å². The Morgan fingerprint density at radius 3 is 2.37 bits per heavy atom. The molecule has 1 aliphatic rings. The number of benzene rings is 1. The van der Waals surface area contributed by atoms with Crippen molar-refractivity contribution in [1.29, 1.82) is 0 Å². The van der Waals surface area contributed by atoms with Gasteiger partial charge in [-0.25, -0.2) is 4.79 Å². The maximum Gasteiger partial charge on any atom is 0.337 e. The number of amides is 1. The lowest BCUT2D eigenvalue weighted by atomic mass is 9.94. The normalized spacial score (nSPS) is 16.2. The summed E-state index contributed by atoms with van der Waals surface area (Å²) in [6.07, 6.45) is 2.81. The minimum atomic E-state index is -0.896. The van der Waals surface area contributed by atoms with Crippen molar-refractivity contribution >= 4 is 17.7 Å². The fraction of sp³-hybridized carbons (Fsp3) is 0.136. The predicted octanol–water partition coefficient (Wildman–Crippen LogP) is 3.44. The van der Waals surface area contributed by atoms with Crippen LogP contribution >= 0.6 is 0 Å². The van der Waals surface area contributed by atoms with Crippen molar-refractivity contribution in [2.45, 2.75) is 12.6 Å². The molecule has 1 atom stereocenters. The van der Waals surface area contributed by atoms with Crippen molar-refractivity contribution in [3.63, 3.8) is 0 Å². The minimum Gasteiger partial charge on any atom is -0.503 e. The first kappa shape index (κ1) is 19.3. The molecule has 1 amide bonds. The van der Waals surface area contributed by atoms with Crippen molar-refractivity contribution in [3.05, 3.63) is 95.0 Å². The lowest BCUT2D eigenvalue weighted by Crippen LogP contribution is -2.30. The van der Waals surface area contributed by atoms with Crippen LogP contribution in [0.3, 0.4) is 0 Å². The summed E-state index contributed by atoms with van der Waals surface area (Å²) in [6.45, 7) is 0.0360. The number of ketones is 1. The van der Waals surface area contributed by atoms with Gasteiger partial charge in [0.2, 0.25) is 5.78 Å². The maximum absolute atomic E-state index is 13.0. The Bertz CT molecular complexity index is 1110. The van der Waals surface area contributed by atoms with Gasteiger partial charge in [0.05, 0.1) is 43.4 Å². The molecule has 4 rings (SSSR count). The molecule has 2 aromatic heterocycles. The lowest BCUT2D eigenvalue weighted by Gasteiger charge is -2.26. The summed E-state index contributed by atoms with van der Waals surface area (Å²) in [5.74, 6) is -1.98.